The molecule has 1 amide bonds. The molecule has 1 heterocycles. The Labute approximate surface area is 118 Å². The lowest BCUT2D eigenvalue weighted by atomic mass is 10.1. The summed E-state index contributed by atoms with van der Waals surface area (Å²) in [6, 6.07) is 8.87. The van der Waals surface area contributed by atoms with Gasteiger partial charge in [-0.05, 0) is 43.5 Å². The van der Waals surface area contributed by atoms with E-state index < -0.39 is 0 Å². The minimum absolute atomic E-state index is 0.0186. The zero-order valence-corrected chi connectivity index (χ0v) is 11.3. The molecular weight excluding hydrogens is 256 g/mol. The normalized spacial score (nSPS) is 18.1. The van der Waals surface area contributed by atoms with Crippen molar-refractivity contribution in [3.05, 3.63) is 24.3 Å². The minimum atomic E-state index is -0.0393. The Kier molecular flexibility index (Phi) is 5.39. The number of nitrogens with one attached hydrogen (secondary N) is 1. The Morgan fingerprint density at radius 3 is 2.85 bits per heavy atom. The number of carbonyl (C=O) groups is 1. The Morgan fingerprint density at radius 2 is 2.20 bits per heavy atom. The van der Waals surface area contributed by atoms with E-state index in [0.29, 0.717) is 12.2 Å². The van der Waals surface area contributed by atoms with Gasteiger partial charge in [0.2, 0.25) is 5.91 Å². The van der Waals surface area contributed by atoms with Crippen LogP contribution in [0.15, 0.2) is 24.3 Å². The van der Waals surface area contributed by atoms with Crippen LogP contribution in [0.4, 0.5) is 5.69 Å². The lowest BCUT2D eigenvalue weighted by Crippen LogP contribution is -2.25. The molecule has 1 unspecified atom stereocenters. The number of carbonyl (C=O) groups excluding carboxylic acids is 1. The number of nitrogens with zero attached hydrogens (tertiary/aromatic N) is 1. The number of benzene rings is 1. The summed E-state index contributed by atoms with van der Waals surface area (Å²) in [6.07, 6.45) is 3.61. The highest BCUT2D eigenvalue weighted by atomic mass is 16.5. The fraction of sp³-hybridized carbons (Fsp3) is 0.467. The molecular formula is C15H18N2O3. The van der Waals surface area contributed by atoms with Crippen molar-refractivity contribution < 1.29 is 14.3 Å². The van der Waals surface area contributed by atoms with E-state index in [1.807, 2.05) is 6.07 Å². The van der Waals surface area contributed by atoms with E-state index in [-0.39, 0.29) is 18.6 Å². The van der Waals surface area contributed by atoms with Gasteiger partial charge >= 0.3 is 0 Å². The topological polar surface area (TPSA) is 71.3 Å². The predicted octanol–water partition coefficient (Wildman–Crippen LogP) is 2.49. The molecule has 5 nitrogen and oxygen atoms in total. The van der Waals surface area contributed by atoms with Crippen LogP contribution in [-0.4, -0.2) is 25.2 Å². The summed E-state index contributed by atoms with van der Waals surface area (Å²) in [5, 5.41) is 11.2. The molecule has 1 fully saturated rings. The van der Waals surface area contributed by atoms with Gasteiger partial charge < -0.3 is 14.8 Å². The lowest BCUT2D eigenvalue weighted by Gasteiger charge is -2.21. The number of hydrogen-bond donors (Lipinski definition) is 1. The highest BCUT2D eigenvalue weighted by Gasteiger charge is 2.17. The molecule has 2 rings (SSSR count). The molecule has 1 saturated heterocycles. The van der Waals surface area contributed by atoms with Crippen LogP contribution in [0.5, 0.6) is 5.75 Å². The maximum atomic E-state index is 11.9. The van der Waals surface area contributed by atoms with Crippen molar-refractivity contribution in [3.8, 4) is 11.8 Å². The molecule has 1 N–H and O–H groups in total. The third-order valence-electron chi connectivity index (χ3n) is 3.13. The minimum Gasteiger partial charge on any atom is -0.479 e. The quantitative estimate of drug-likeness (QED) is 0.895. The number of nitriles is 1. The van der Waals surface area contributed by atoms with Gasteiger partial charge in [-0.3, -0.25) is 4.79 Å². The van der Waals surface area contributed by atoms with E-state index >= 15 is 0 Å². The molecule has 0 spiro atoms. The first-order chi connectivity index (χ1) is 9.78. The Hall–Kier alpha value is -2.06. The second kappa shape index (κ2) is 7.51. The molecule has 0 aromatic heterocycles. The molecule has 0 aliphatic carbocycles. The molecule has 0 bridgehead atoms. The molecule has 0 saturated carbocycles. The summed E-state index contributed by atoms with van der Waals surface area (Å²) >= 11 is 0. The third kappa shape index (κ3) is 4.56. The van der Waals surface area contributed by atoms with Gasteiger partial charge in [0.25, 0.3) is 0 Å². The van der Waals surface area contributed by atoms with Gasteiger partial charge in [0, 0.05) is 12.3 Å². The maximum absolute atomic E-state index is 11.9. The largest absolute Gasteiger partial charge is 0.479 e. The van der Waals surface area contributed by atoms with Crippen LogP contribution in [0, 0.1) is 11.3 Å². The van der Waals surface area contributed by atoms with Crippen LogP contribution in [0.25, 0.3) is 0 Å². The van der Waals surface area contributed by atoms with Crippen molar-refractivity contribution in [1.29, 1.82) is 5.26 Å². The SMILES string of the molecule is N#CCOc1ccc(NC(=O)CC2CCCCO2)cc1. The number of amides is 1. The molecule has 1 aromatic rings. The van der Waals surface area contributed by atoms with Crippen LogP contribution >= 0.6 is 0 Å². The summed E-state index contributed by atoms with van der Waals surface area (Å²) in [6.45, 7) is 0.771. The maximum Gasteiger partial charge on any atom is 0.226 e. The highest BCUT2D eigenvalue weighted by Crippen LogP contribution is 2.18. The number of anilines is 1. The van der Waals surface area contributed by atoms with E-state index in [9.17, 15) is 4.79 Å². The van der Waals surface area contributed by atoms with Crippen molar-refractivity contribution in [2.45, 2.75) is 31.8 Å². The molecule has 1 aliphatic heterocycles. The van der Waals surface area contributed by atoms with E-state index in [4.69, 9.17) is 14.7 Å². The van der Waals surface area contributed by atoms with Gasteiger partial charge in [-0.15, -0.1) is 0 Å². The summed E-state index contributed by atoms with van der Waals surface area (Å²) in [7, 11) is 0. The number of rotatable bonds is 5. The first-order valence-corrected chi connectivity index (χ1v) is 6.79. The van der Waals surface area contributed by atoms with Crippen molar-refractivity contribution in [1.82, 2.24) is 0 Å². The Bertz CT molecular complexity index is 473. The van der Waals surface area contributed by atoms with E-state index in [2.05, 4.69) is 5.32 Å². The fourth-order valence-corrected chi connectivity index (χ4v) is 2.14. The average Bonchev–Trinajstić information content (AvgIpc) is 2.47. The van der Waals surface area contributed by atoms with E-state index in [1.54, 1.807) is 24.3 Å². The number of hydrogen-bond acceptors (Lipinski definition) is 4. The van der Waals surface area contributed by atoms with Crippen molar-refractivity contribution >= 4 is 11.6 Å². The van der Waals surface area contributed by atoms with Crippen molar-refractivity contribution in [2.75, 3.05) is 18.5 Å². The van der Waals surface area contributed by atoms with E-state index in [1.165, 1.54) is 0 Å². The fourth-order valence-electron chi connectivity index (χ4n) is 2.14. The van der Waals surface area contributed by atoms with Gasteiger partial charge in [-0.1, -0.05) is 0 Å². The van der Waals surface area contributed by atoms with Gasteiger partial charge in [-0.25, -0.2) is 0 Å². The lowest BCUT2D eigenvalue weighted by molar-refractivity contribution is -0.119. The second-order valence-corrected chi connectivity index (χ2v) is 4.71. The van der Waals surface area contributed by atoms with Crippen LogP contribution < -0.4 is 10.1 Å². The first kappa shape index (κ1) is 14.4. The second-order valence-electron chi connectivity index (χ2n) is 4.71. The molecule has 1 aromatic carbocycles. The van der Waals surface area contributed by atoms with Gasteiger partial charge in [0.1, 0.15) is 11.8 Å². The molecule has 106 valence electrons. The van der Waals surface area contributed by atoms with Gasteiger partial charge in [0.15, 0.2) is 6.61 Å². The van der Waals surface area contributed by atoms with Crippen molar-refractivity contribution in [2.24, 2.45) is 0 Å². The van der Waals surface area contributed by atoms with Crippen LogP contribution in [-0.2, 0) is 9.53 Å². The summed E-state index contributed by atoms with van der Waals surface area (Å²) in [5.74, 6) is 0.572. The molecule has 1 atom stereocenters. The molecule has 0 radical (unpaired) electrons. The molecule has 1 aliphatic rings. The van der Waals surface area contributed by atoms with Gasteiger partial charge in [-0.2, -0.15) is 5.26 Å². The summed E-state index contributed by atoms with van der Waals surface area (Å²) in [5.41, 5.74) is 0.718. The monoisotopic (exact) mass is 274 g/mol. The summed E-state index contributed by atoms with van der Waals surface area (Å²) in [4.78, 5) is 11.9. The molecule has 20 heavy (non-hydrogen) atoms. The highest BCUT2D eigenvalue weighted by molar-refractivity contribution is 5.91. The van der Waals surface area contributed by atoms with Crippen LogP contribution in [0.3, 0.4) is 0 Å². The first-order valence-electron chi connectivity index (χ1n) is 6.79. The third-order valence-corrected chi connectivity index (χ3v) is 3.13. The average molecular weight is 274 g/mol. The predicted molar refractivity (Wildman–Crippen MR) is 74.4 cm³/mol. The van der Waals surface area contributed by atoms with E-state index in [0.717, 1.165) is 31.6 Å². The van der Waals surface area contributed by atoms with Gasteiger partial charge in [0.05, 0.1) is 12.5 Å². The molecule has 5 heteroatoms. The Balaban J connectivity index is 1.80. The smallest absolute Gasteiger partial charge is 0.226 e. The standard InChI is InChI=1S/C15H18N2O3/c16-8-10-20-13-6-4-12(5-7-13)17-15(18)11-14-3-1-2-9-19-14/h4-7,14H,1-3,9-11H2,(H,17,18). The number of ether oxygens (including phenoxy) is 2. The summed E-state index contributed by atoms with van der Waals surface area (Å²) < 4.78 is 10.7. The zero-order valence-electron chi connectivity index (χ0n) is 11.3. The Morgan fingerprint density at radius 1 is 1.40 bits per heavy atom. The van der Waals surface area contributed by atoms with Crippen LogP contribution in [0.2, 0.25) is 0 Å². The zero-order chi connectivity index (χ0) is 14.2. The van der Waals surface area contributed by atoms with Crippen LogP contribution in [0.1, 0.15) is 25.7 Å². The van der Waals surface area contributed by atoms with Crippen molar-refractivity contribution in [3.63, 3.8) is 0 Å².